The highest BCUT2D eigenvalue weighted by Gasteiger charge is 2.14. The normalized spacial score (nSPS) is 12.9. The van der Waals surface area contributed by atoms with Gasteiger partial charge in [0.1, 0.15) is 4.88 Å². The van der Waals surface area contributed by atoms with Crippen LogP contribution in [0.4, 0.5) is 0 Å². The van der Waals surface area contributed by atoms with E-state index >= 15 is 0 Å². The van der Waals surface area contributed by atoms with Crippen LogP contribution in [0, 0.1) is 5.92 Å². The van der Waals surface area contributed by atoms with Gasteiger partial charge in [-0.2, -0.15) is 0 Å². The lowest BCUT2D eigenvalue weighted by Gasteiger charge is -2.16. The molecule has 0 saturated carbocycles. The lowest BCUT2D eigenvalue weighted by molar-refractivity contribution is 0.0934. The summed E-state index contributed by atoms with van der Waals surface area (Å²) in [5.41, 5.74) is 0. The minimum absolute atomic E-state index is 0.00611. The van der Waals surface area contributed by atoms with Crippen LogP contribution in [-0.2, 0) is 6.42 Å². The zero-order chi connectivity index (χ0) is 11.4. The molecule has 1 heterocycles. The summed E-state index contributed by atoms with van der Waals surface area (Å²) in [5.74, 6) is 0.445. The summed E-state index contributed by atoms with van der Waals surface area (Å²) in [6.45, 7) is 8.24. The van der Waals surface area contributed by atoms with Gasteiger partial charge in [0, 0.05) is 6.04 Å². The average Bonchev–Trinajstić information content (AvgIpc) is 2.65. The predicted molar refractivity (Wildman–Crippen MR) is 63.3 cm³/mol. The minimum Gasteiger partial charge on any atom is -0.349 e. The Labute approximate surface area is 94.9 Å². The first-order chi connectivity index (χ1) is 7.04. The fourth-order valence-electron chi connectivity index (χ4n) is 1.02. The topological polar surface area (TPSA) is 42.0 Å². The van der Waals surface area contributed by atoms with Gasteiger partial charge in [0.05, 0.1) is 11.2 Å². The van der Waals surface area contributed by atoms with Gasteiger partial charge in [0.2, 0.25) is 0 Å². The molecule has 1 aromatic rings. The van der Waals surface area contributed by atoms with Crippen molar-refractivity contribution in [3.8, 4) is 0 Å². The zero-order valence-electron chi connectivity index (χ0n) is 9.70. The van der Waals surface area contributed by atoms with Crippen LogP contribution in [-0.4, -0.2) is 16.9 Å². The van der Waals surface area contributed by atoms with Crippen LogP contribution < -0.4 is 5.32 Å². The molecule has 0 aromatic carbocycles. The van der Waals surface area contributed by atoms with E-state index in [0.29, 0.717) is 10.8 Å². The van der Waals surface area contributed by atoms with E-state index in [2.05, 4.69) is 24.1 Å². The molecule has 0 aliphatic heterocycles. The van der Waals surface area contributed by atoms with E-state index in [4.69, 9.17) is 0 Å². The monoisotopic (exact) mass is 226 g/mol. The molecular formula is C11H18N2OS. The summed E-state index contributed by atoms with van der Waals surface area (Å²) < 4.78 is 0. The van der Waals surface area contributed by atoms with Gasteiger partial charge in [-0.25, -0.2) is 4.98 Å². The first-order valence-corrected chi connectivity index (χ1v) is 6.11. The molecule has 1 N–H and O–H groups in total. The summed E-state index contributed by atoms with van der Waals surface area (Å²) in [4.78, 5) is 16.6. The van der Waals surface area contributed by atoms with Gasteiger partial charge >= 0.3 is 0 Å². The summed E-state index contributed by atoms with van der Waals surface area (Å²) in [6, 6.07) is 0.199. The summed E-state index contributed by atoms with van der Waals surface area (Å²) in [6.07, 6.45) is 2.55. The van der Waals surface area contributed by atoms with Gasteiger partial charge in [-0.3, -0.25) is 4.79 Å². The van der Waals surface area contributed by atoms with E-state index in [0.717, 1.165) is 11.4 Å². The van der Waals surface area contributed by atoms with Crippen LogP contribution in [0.15, 0.2) is 6.20 Å². The van der Waals surface area contributed by atoms with Gasteiger partial charge in [-0.15, -0.1) is 11.3 Å². The quantitative estimate of drug-likeness (QED) is 0.857. The maximum atomic E-state index is 11.7. The first-order valence-electron chi connectivity index (χ1n) is 5.30. The van der Waals surface area contributed by atoms with Gasteiger partial charge in [0.25, 0.3) is 5.91 Å². The van der Waals surface area contributed by atoms with E-state index in [9.17, 15) is 4.79 Å². The van der Waals surface area contributed by atoms with Crippen LogP contribution >= 0.6 is 11.3 Å². The first kappa shape index (κ1) is 12.2. The van der Waals surface area contributed by atoms with Gasteiger partial charge < -0.3 is 5.32 Å². The van der Waals surface area contributed by atoms with E-state index in [1.807, 2.05) is 13.8 Å². The van der Waals surface area contributed by atoms with Crippen molar-refractivity contribution < 1.29 is 4.79 Å². The van der Waals surface area contributed by atoms with Crippen molar-refractivity contribution in [1.82, 2.24) is 10.3 Å². The third kappa shape index (κ3) is 3.30. The van der Waals surface area contributed by atoms with Gasteiger partial charge in [-0.1, -0.05) is 20.8 Å². The lowest BCUT2D eigenvalue weighted by atomic mass is 10.1. The van der Waals surface area contributed by atoms with E-state index < -0.39 is 0 Å². The van der Waals surface area contributed by atoms with Crippen LogP contribution in [0.2, 0.25) is 0 Å². The van der Waals surface area contributed by atoms with Crippen molar-refractivity contribution in [3.05, 3.63) is 16.1 Å². The Morgan fingerprint density at radius 2 is 2.20 bits per heavy atom. The van der Waals surface area contributed by atoms with Crippen molar-refractivity contribution in [3.63, 3.8) is 0 Å². The highest BCUT2D eigenvalue weighted by molar-refractivity contribution is 7.13. The molecule has 4 heteroatoms. The molecule has 84 valence electrons. The Kier molecular flexibility index (Phi) is 4.27. The number of rotatable bonds is 4. The second-order valence-corrected chi connectivity index (χ2v) is 5.09. The third-order valence-corrected chi connectivity index (χ3v) is 3.58. The molecule has 1 amide bonds. The minimum atomic E-state index is -0.00611. The summed E-state index contributed by atoms with van der Waals surface area (Å²) >= 11 is 1.47. The van der Waals surface area contributed by atoms with Crippen molar-refractivity contribution in [2.75, 3.05) is 0 Å². The Bertz CT molecular complexity index is 333. The van der Waals surface area contributed by atoms with E-state index in [-0.39, 0.29) is 11.9 Å². The molecule has 1 aromatic heterocycles. The molecule has 0 radical (unpaired) electrons. The summed E-state index contributed by atoms with van der Waals surface area (Å²) in [5, 5.41) is 3.98. The largest absolute Gasteiger partial charge is 0.349 e. The Morgan fingerprint density at radius 3 is 2.67 bits per heavy atom. The highest BCUT2D eigenvalue weighted by Crippen LogP contribution is 2.13. The second kappa shape index (κ2) is 5.26. The van der Waals surface area contributed by atoms with Crippen LogP contribution in [0.3, 0.4) is 0 Å². The zero-order valence-corrected chi connectivity index (χ0v) is 10.5. The van der Waals surface area contributed by atoms with Crippen LogP contribution in [0.25, 0.3) is 0 Å². The maximum Gasteiger partial charge on any atom is 0.263 e. The summed E-state index contributed by atoms with van der Waals surface area (Å²) in [7, 11) is 0. The average molecular weight is 226 g/mol. The number of carbonyl (C=O) groups is 1. The Balaban J connectivity index is 2.61. The molecule has 1 unspecified atom stereocenters. The van der Waals surface area contributed by atoms with Crippen molar-refractivity contribution in [2.45, 2.75) is 40.2 Å². The van der Waals surface area contributed by atoms with Crippen molar-refractivity contribution >= 4 is 17.2 Å². The number of hydrogen-bond donors (Lipinski definition) is 1. The second-order valence-electron chi connectivity index (χ2n) is 3.98. The number of nitrogens with zero attached hydrogens (tertiary/aromatic N) is 1. The SMILES string of the molecule is CCc1ncc(C(=O)NC(C)C(C)C)s1. The van der Waals surface area contributed by atoms with E-state index in [1.54, 1.807) is 6.20 Å². The number of nitrogens with one attached hydrogen (secondary N) is 1. The van der Waals surface area contributed by atoms with Crippen molar-refractivity contribution in [2.24, 2.45) is 5.92 Å². The molecule has 0 saturated heterocycles. The molecule has 0 spiro atoms. The van der Waals surface area contributed by atoms with Crippen molar-refractivity contribution in [1.29, 1.82) is 0 Å². The standard InChI is InChI=1S/C11H18N2OS/c1-5-10-12-6-9(15-10)11(14)13-8(4)7(2)3/h6-8H,5H2,1-4H3,(H,13,14). The molecule has 3 nitrogen and oxygen atoms in total. The fourth-order valence-corrected chi connectivity index (χ4v) is 1.78. The smallest absolute Gasteiger partial charge is 0.263 e. The molecule has 15 heavy (non-hydrogen) atoms. The molecule has 0 bridgehead atoms. The molecular weight excluding hydrogens is 208 g/mol. The van der Waals surface area contributed by atoms with Crippen LogP contribution in [0.5, 0.6) is 0 Å². The van der Waals surface area contributed by atoms with Crippen LogP contribution in [0.1, 0.15) is 42.4 Å². The predicted octanol–water partition coefficient (Wildman–Crippen LogP) is 2.48. The molecule has 0 aliphatic rings. The fraction of sp³-hybridized carbons (Fsp3) is 0.636. The molecule has 1 atom stereocenters. The number of amides is 1. The third-order valence-electron chi connectivity index (χ3n) is 2.44. The Morgan fingerprint density at radius 1 is 1.53 bits per heavy atom. The lowest BCUT2D eigenvalue weighted by Crippen LogP contribution is -2.35. The number of thiazole rings is 1. The Hall–Kier alpha value is -0.900. The van der Waals surface area contributed by atoms with E-state index in [1.165, 1.54) is 11.3 Å². The molecule has 0 aliphatic carbocycles. The number of aryl methyl sites for hydroxylation is 1. The van der Waals surface area contributed by atoms with Gasteiger partial charge in [-0.05, 0) is 19.3 Å². The molecule has 0 fully saturated rings. The van der Waals surface area contributed by atoms with Gasteiger partial charge in [0.15, 0.2) is 0 Å². The number of hydrogen-bond acceptors (Lipinski definition) is 3. The number of carbonyl (C=O) groups excluding carboxylic acids is 1. The molecule has 1 rings (SSSR count). The maximum absolute atomic E-state index is 11.7. The highest BCUT2D eigenvalue weighted by atomic mass is 32.1. The number of aromatic nitrogens is 1.